The van der Waals surface area contributed by atoms with E-state index in [1.165, 1.54) is 18.0 Å². The van der Waals surface area contributed by atoms with Crippen LogP contribution in [0.4, 0.5) is 11.4 Å². The summed E-state index contributed by atoms with van der Waals surface area (Å²) in [5, 5.41) is 15.8. The summed E-state index contributed by atoms with van der Waals surface area (Å²) in [7, 11) is 0. The standard InChI is InChI=1S/C15H19N3O2S/c1-2-3-4-5-8-13-21-17-12-11-16-14-9-6-7-10-15(14)18(19)20/h2-10,13,16-17H,11-12H2,1H3/b3-2-,5-4-,13-8+. The second-order valence-corrected chi connectivity index (χ2v) is 4.75. The Balaban J connectivity index is 2.22. The van der Waals surface area contributed by atoms with Crippen molar-refractivity contribution in [3.8, 4) is 0 Å². The van der Waals surface area contributed by atoms with Gasteiger partial charge in [0, 0.05) is 19.2 Å². The van der Waals surface area contributed by atoms with Crippen LogP contribution < -0.4 is 10.0 Å². The van der Waals surface area contributed by atoms with E-state index in [1.807, 2.05) is 42.7 Å². The Hall–Kier alpha value is -2.05. The Morgan fingerprint density at radius 2 is 1.95 bits per heavy atom. The minimum Gasteiger partial charge on any atom is -0.378 e. The van der Waals surface area contributed by atoms with Crippen LogP contribution in [0.5, 0.6) is 0 Å². The quantitative estimate of drug-likeness (QED) is 0.238. The van der Waals surface area contributed by atoms with E-state index in [4.69, 9.17) is 0 Å². The zero-order valence-corrected chi connectivity index (χ0v) is 12.7. The molecule has 0 aliphatic rings. The molecule has 0 saturated heterocycles. The number of rotatable bonds is 9. The van der Waals surface area contributed by atoms with E-state index in [-0.39, 0.29) is 10.6 Å². The van der Waals surface area contributed by atoms with Gasteiger partial charge in [0.25, 0.3) is 5.69 Å². The van der Waals surface area contributed by atoms with Gasteiger partial charge in [-0.2, -0.15) is 0 Å². The summed E-state index contributed by atoms with van der Waals surface area (Å²) in [5.74, 6) is 0. The van der Waals surface area contributed by atoms with Crippen LogP contribution in [0.2, 0.25) is 0 Å². The minimum absolute atomic E-state index is 0.0964. The van der Waals surface area contributed by atoms with E-state index in [1.54, 1.807) is 18.2 Å². The highest BCUT2D eigenvalue weighted by Crippen LogP contribution is 2.22. The number of hydrogen-bond donors (Lipinski definition) is 2. The number of nitro groups is 1. The molecule has 1 aromatic carbocycles. The average Bonchev–Trinajstić information content (AvgIpc) is 2.49. The maximum atomic E-state index is 10.8. The van der Waals surface area contributed by atoms with Gasteiger partial charge >= 0.3 is 0 Å². The molecule has 1 rings (SSSR count). The first-order chi connectivity index (χ1) is 10.3. The number of para-hydroxylation sites is 2. The number of nitro benzene ring substituents is 1. The molecule has 2 N–H and O–H groups in total. The van der Waals surface area contributed by atoms with Gasteiger partial charge in [-0.05, 0) is 18.4 Å². The zero-order valence-electron chi connectivity index (χ0n) is 11.9. The number of nitrogens with one attached hydrogen (secondary N) is 2. The molecule has 112 valence electrons. The van der Waals surface area contributed by atoms with Crippen LogP contribution >= 0.6 is 11.9 Å². The maximum absolute atomic E-state index is 10.8. The topological polar surface area (TPSA) is 67.2 Å². The fourth-order valence-electron chi connectivity index (χ4n) is 1.46. The summed E-state index contributed by atoms with van der Waals surface area (Å²) < 4.78 is 3.14. The molecule has 0 radical (unpaired) electrons. The predicted octanol–water partition coefficient (Wildman–Crippen LogP) is 3.89. The van der Waals surface area contributed by atoms with E-state index >= 15 is 0 Å². The molecule has 21 heavy (non-hydrogen) atoms. The first-order valence-electron chi connectivity index (χ1n) is 6.56. The van der Waals surface area contributed by atoms with Crippen molar-refractivity contribution in [1.29, 1.82) is 0 Å². The molecular weight excluding hydrogens is 286 g/mol. The lowest BCUT2D eigenvalue weighted by atomic mass is 10.2. The van der Waals surface area contributed by atoms with Crippen LogP contribution in [0.15, 0.2) is 60.1 Å². The second kappa shape index (κ2) is 10.7. The monoisotopic (exact) mass is 305 g/mol. The van der Waals surface area contributed by atoms with Crippen LogP contribution in [0.25, 0.3) is 0 Å². The van der Waals surface area contributed by atoms with Gasteiger partial charge in [0.2, 0.25) is 0 Å². The molecule has 0 saturated carbocycles. The van der Waals surface area contributed by atoms with Crippen LogP contribution in [0.3, 0.4) is 0 Å². The molecule has 0 aliphatic heterocycles. The normalized spacial score (nSPS) is 11.7. The number of benzene rings is 1. The molecule has 0 fully saturated rings. The fourth-order valence-corrected chi connectivity index (χ4v) is 1.95. The first kappa shape index (κ1) is 17.0. The van der Waals surface area contributed by atoms with Crippen LogP contribution in [-0.4, -0.2) is 18.0 Å². The van der Waals surface area contributed by atoms with Gasteiger partial charge in [-0.25, -0.2) is 0 Å². The summed E-state index contributed by atoms with van der Waals surface area (Å²) in [6.45, 7) is 3.27. The average molecular weight is 305 g/mol. The zero-order chi connectivity index (χ0) is 15.3. The van der Waals surface area contributed by atoms with E-state index in [0.29, 0.717) is 18.8 Å². The molecule has 0 aromatic heterocycles. The summed E-state index contributed by atoms with van der Waals surface area (Å²) in [4.78, 5) is 10.4. The van der Waals surface area contributed by atoms with E-state index in [9.17, 15) is 10.1 Å². The number of hydrogen-bond acceptors (Lipinski definition) is 5. The van der Waals surface area contributed by atoms with Crippen molar-refractivity contribution >= 4 is 23.3 Å². The summed E-state index contributed by atoms with van der Waals surface area (Å²) in [5.41, 5.74) is 0.637. The Bertz CT molecular complexity index is 527. The first-order valence-corrected chi connectivity index (χ1v) is 7.44. The Morgan fingerprint density at radius 3 is 2.71 bits per heavy atom. The van der Waals surface area contributed by atoms with Gasteiger partial charge in [-0.3, -0.25) is 14.8 Å². The predicted molar refractivity (Wildman–Crippen MR) is 90.3 cm³/mol. The summed E-state index contributed by atoms with van der Waals surface area (Å²) in [6.07, 6.45) is 9.75. The Kier molecular flexibility index (Phi) is 8.67. The molecule has 1 aromatic rings. The second-order valence-electron chi connectivity index (χ2n) is 3.95. The van der Waals surface area contributed by atoms with Crippen molar-refractivity contribution in [2.75, 3.05) is 18.4 Å². The van der Waals surface area contributed by atoms with Crippen molar-refractivity contribution in [3.63, 3.8) is 0 Å². The molecule has 0 spiro atoms. The van der Waals surface area contributed by atoms with Crippen LogP contribution in [0, 0.1) is 10.1 Å². The highest BCUT2D eigenvalue weighted by molar-refractivity contribution is 8.00. The summed E-state index contributed by atoms with van der Waals surface area (Å²) >= 11 is 1.48. The number of nitrogens with zero attached hydrogens (tertiary/aromatic N) is 1. The van der Waals surface area contributed by atoms with Crippen molar-refractivity contribution in [2.45, 2.75) is 6.92 Å². The van der Waals surface area contributed by atoms with Crippen molar-refractivity contribution in [2.24, 2.45) is 0 Å². The Labute approximate surface area is 129 Å². The molecule has 0 amide bonds. The molecule has 0 atom stereocenters. The highest BCUT2D eigenvalue weighted by Gasteiger charge is 2.10. The lowest BCUT2D eigenvalue weighted by Crippen LogP contribution is -2.16. The fraction of sp³-hybridized carbons (Fsp3) is 0.200. The molecule has 0 aliphatic carbocycles. The van der Waals surface area contributed by atoms with Gasteiger partial charge < -0.3 is 5.32 Å². The molecule has 6 heteroatoms. The molecule has 5 nitrogen and oxygen atoms in total. The van der Waals surface area contributed by atoms with Gasteiger partial charge in [0.05, 0.1) is 4.92 Å². The lowest BCUT2D eigenvalue weighted by Gasteiger charge is -2.06. The summed E-state index contributed by atoms with van der Waals surface area (Å²) in [6, 6.07) is 6.63. The molecule has 0 bridgehead atoms. The van der Waals surface area contributed by atoms with Crippen molar-refractivity contribution in [1.82, 2.24) is 4.72 Å². The third-order valence-electron chi connectivity index (χ3n) is 2.40. The Morgan fingerprint density at radius 1 is 1.19 bits per heavy atom. The van der Waals surface area contributed by atoms with Crippen molar-refractivity contribution in [3.05, 3.63) is 70.2 Å². The molecule has 0 heterocycles. The van der Waals surface area contributed by atoms with Gasteiger partial charge in [0.1, 0.15) is 5.69 Å². The SMILES string of the molecule is C\C=C/C=C\C=C\SNCCNc1ccccc1[N+](=O)[O-]. The maximum Gasteiger partial charge on any atom is 0.292 e. The van der Waals surface area contributed by atoms with E-state index < -0.39 is 0 Å². The largest absolute Gasteiger partial charge is 0.378 e. The van der Waals surface area contributed by atoms with Crippen LogP contribution in [0.1, 0.15) is 6.92 Å². The van der Waals surface area contributed by atoms with Gasteiger partial charge in [-0.15, -0.1) is 0 Å². The van der Waals surface area contributed by atoms with Crippen molar-refractivity contribution < 1.29 is 4.92 Å². The third-order valence-corrected chi connectivity index (χ3v) is 3.06. The highest BCUT2D eigenvalue weighted by atomic mass is 32.2. The molecular formula is C15H19N3O2S. The minimum atomic E-state index is -0.385. The smallest absolute Gasteiger partial charge is 0.292 e. The number of anilines is 1. The lowest BCUT2D eigenvalue weighted by molar-refractivity contribution is -0.384. The van der Waals surface area contributed by atoms with Crippen LogP contribution in [-0.2, 0) is 0 Å². The third kappa shape index (κ3) is 7.34. The number of allylic oxidation sites excluding steroid dienone is 5. The van der Waals surface area contributed by atoms with E-state index in [2.05, 4.69) is 10.0 Å². The van der Waals surface area contributed by atoms with Gasteiger partial charge in [-0.1, -0.05) is 54.5 Å². The molecule has 0 unspecified atom stereocenters. The van der Waals surface area contributed by atoms with Gasteiger partial charge in [0.15, 0.2) is 0 Å². The van der Waals surface area contributed by atoms with E-state index in [0.717, 1.165) is 0 Å².